The van der Waals surface area contributed by atoms with Gasteiger partial charge in [0, 0.05) is 12.1 Å². The highest BCUT2D eigenvalue weighted by Crippen LogP contribution is 2.30. The molecule has 2 aromatic heterocycles. The van der Waals surface area contributed by atoms with Crippen LogP contribution in [0.2, 0.25) is 0 Å². The molecule has 0 atom stereocenters. The number of aromatic amines is 1. The average molecular weight is 327 g/mol. The Morgan fingerprint density at radius 3 is 2.92 bits per heavy atom. The quantitative estimate of drug-likeness (QED) is 0.879. The Morgan fingerprint density at radius 2 is 2.08 bits per heavy atom. The van der Waals surface area contributed by atoms with Gasteiger partial charge in [0.2, 0.25) is 0 Å². The molecule has 7 nitrogen and oxygen atoms in total. The fraction of sp³-hybridized carbons (Fsp3) is 0.471. The maximum absolute atomic E-state index is 11.8. The van der Waals surface area contributed by atoms with E-state index in [1.54, 1.807) is 6.20 Å². The van der Waals surface area contributed by atoms with E-state index in [4.69, 9.17) is 4.74 Å². The van der Waals surface area contributed by atoms with Crippen LogP contribution in [0.15, 0.2) is 23.3 Å². The zero-order valence-electron chi connectivity index (χ0n) is 13.7. The number of nitrogens with zero attached hydrogens (tertiary/aromatic N) is 3. The highest BCUT2D eigenvalue weighted by atomic mass is 16.5. The largest absolute Gasteiger partial charge is 0.489 e. The lowest BCUT2D eigenvalue weighted by molar-refractivity contribution is 0.162. The molecule has 1 saturated heterocycles. The first kappa shape index (κ1) is 15.1. The second-order valence-corrected chi connectivity index (χ2v) is 6.41. The molecule has 24 heavy (non-hydrogen) atoms. The molecule has 2 aromatic rings. The zero-order valence-corrected chi connectivity index (χ0v) is 13.7. The maximum atomic E-state index is 11.8. The van der Waals surface area contributed by atoms with Gasteiger partial charge in [-0.1, -0.05) is 0 Å². The molecule has 0 spiro atoms. The predicted molar refractivity (Wildman–Crippen MR) is 90.2 cm³/mol. The summed E-state index contributed by atoms with van der Waals surface area (Å²) in [5.74, 6) is 0.836. The molecule has 0 radical (unpaired) electrons. The molecule has 126 valence electrons. The molecule has 2 N–H and O–H groups in total. The van der Waals surface area contributed by atoms with Crippen LogP contribution in [0.25, 0.3) is 0 Å². The summed E-state index contributed by atoms with van der Waals surface area (Å²) in [7, 11) is 0. The fourth-order valence-corrected chi connectivity index (χ4v) is 3.35. The summed E-state index contributed by atoms with van der Waals surface area (Å²) in [5.41, 5.74) is 3.58. The minimum atomic E-state index is -0.147. The van der Waals surface area contributed by atoms with Crippen LogP contribution < -0.4 is 20.5 Å². The van der Waals surface area contributed by atoms with Gasteiger partial charge in [0.25, 0.3) is 5.56 Å². The van der Waals surface area contributed by atoms with Crippen LogP contribution in [-0.4, -0.2) is 34.4 Å². The Kier molecular flexibility index (Phi) is 3.93. The SMILES string of the molecule is Cc1c(N2Cc3cc(OC4CCNCC4)cnc3C2)cn[nH]c1=O. The second-order valence-electron chi connectivity index (χ2n) is 6.41. The number of ether oxygens (including phenoxy) is 1. The Labute approximate surface area is 140 Å². The molecule has 0 amide bonds. The molecular formula is C17H21N5O2. The van der Waals surface area contributed by atoms with E-state index in [2.05, 4.69) is 31.5 Å². The number of rotatable bonds is 3. The van der Waals surface area contributed by atoms with Crippen molar-refractivity contribution in [1.82, 2.24) is 20.5 Å². The summed E-state index contributed by atoms with van der Waals surface area (Å²) in [5, 5.41) is 9.72. The average Bonchev–Trinajstić information content (AvgIpc) is 3.01. The molecule has 0 unspecified atom stereocenters. The smallest absolute Gasteiger partial charge is 0.269 e. The number of pyridine rings is 1. The maximum Gasteiger partial charge on any atom is 0.269 e. The fourth-order valence-electron chi connectivity index (χ4n) is 3.35. The van der Waals surface area contributed by atoms with Gasteiger partial charge in [0.05, 0.1) is 30.3 Å². The van der Waals surface area contributed by atoms with E-state index in [1.165, 1.54) is 0 Å². The van der Waals surface area contributed by atoms with Gasteiger partial charge in [-0.3, -0.25) is 9.78 Å². The zero-order chi connectivity index (χ0) is 16.5. The van der Waals surface area contributed by atoms with Crippen molar-refractivity contribution in [1.29, 1.82) is 0 Å². The number of hydrogen-bond acceptors (Lipinski definition) is 6. The third-order valence-electron chi connectivity index (χ3n) is 4.74. The number of anilines is 1. The lowest BCUT2D eigenvalue weighted by Crippen LogP contribution is -2.34. The summed E-state index contributed by atoms with van der Waals surface area (Å²) >= 11 is 0. The Hall–Kier alpha value is -2.41. The first-order valence-corrected chi connectivity index (χ1v) is 8.35. The van der Waals surface area contributed by atoms with E-state index < -0.39 is 0 Å². The van der Waals surface area contributed by atoms with Crippen LogP contribution in [0.1, 0.15) is 29.7 Å². The number of piperidine rings is 1. The lowest BCUT2D eigenvalue weighted by Gasteiger charge is -2.23. The standard InChI is InChI=1S/C17H21N5O2/c1-11-16(8-20-21-17(11)23)22-9-12-6-14(7-19-15(12)10-22)24-13-2-4-18-5-3-13/h6-8,13,18H,2-5,9-10H2,1H3,(H,21,23). The Morgan fingerprint density at radius 1 is 1.25 bits per heavy atom. The third kappa shape index (κ3) is 2.87. The van der Waals surface area contributed by atoms with E-state index in [9.17, 15) is 4.79 Å². The van der Waals surface area contributed by atoms with Crippen molar-refractivity contribution < 1.29 is 4.74 Å². The Bertz CT molecular complexity index is 798. The molecular weight excluding hydrogens is 306 g/mol. The van der Waals surface area contributed by atoms with Gasteiger partial charge >= 0.3 is 0 Å². The van der Waals surface area contributed by atoms with Gasteiger partial charge in [-0.25, -0.2) is 5.10 Å². The summed E-state index contributed by atoms with van der Waals surface area (Å²) in [4.78, 5) is 18.5. The molecule has 2 aliphatic heterocycles. The Balaban J connectivity index is 1.52. The van der Waals surface area contributed by atoms with Crippen molar-refractivity contribution in [3.63, 3.8) is 0 Å². The number of aromatic nitrogens is 3. The minimum absolute atomic E-state index is 0.147. The van der Waals surface area contributed by atoms with Crippen molar-refractivity contribution in [3.05, 3.63) is 45.6 Å². The van der Waals surface area contributed by atoms with Crippen LogP contribution >= 0.6 is 0 Å². The normalized spacial score (nSPS) is 17.8. The molecule has 0 aromatic carbocycles. The van der Waals surface area contributed by atoms with Crippen molar-refractivity contribution in [2.45, 2.75) is 39.0 Å². The van der Waals surface area contributed by atoms with Gasteiger partial charge in [-0.05, 0) is 44.5 Å². The van der Waals surface area contributed by atoms with E-state index in [1.807, 2.05) is 13.1 Å². The minimum Gasteiger partial charge on any atom is -0.489 e. The number of nitrogens with one attached hydrogen (secondary N) is 2. The van der Waals surface area contributed by atoms with Gasteiger partial charge in [-0.2, -0.15) is 5.10 Å². The highest BCUT2D eigenvalue weighted by Gasteiger charge is 2.24. The number of fused-ring (bicyclic) bond motifs is 1. The van der Waals surface area contributed by atoms with Crippen LogP contribution in [-0.2, 0) is 13.1 Å². The van der Waals surface area contributed by atoms with Gasteiger partial charge < -0.3 is 15.0 Å². The first-order valence-electron chi connectivity index (χ1n) is 8.35. The number of H-pyrrole nitrogens is 1. The lowest BCUT2D eigenvalue weighted by atomic mass is 10.1. The van der Waals surface area contributed by atoms with Crippen LogP contribution in [0.4, 0.5) is 5.69 Å². The van der Waals surface area contributed by atoms with E-state index in [0.717, 1.165) is 55.2 Å². The van der Waals surface area contributed by atoms with Crippen molar-refractivity contribution in [2.24, 2.45) is 0 Å². The molecule has 1 fully saturated rings. The van der Waals surface area contributed by atoms with Gasteiger partial charge in [0.15, 0.2) is 0 Å². The summed E-state index contributed by atoms with van der Waals surface area (Å²) < 4.78 is 6.08. The summed E-state index contributed by atoms with van der Waals surface area (Å²) in [6, 6.07) is 2.08. The van der Waals surface area contributed by atoms with Gasteiger partial charge in [0.1, 0.15) is 11.9 Å². The van der Waals surface area contributed by atoms with E-state index >= 15 is 0 Å². The molecule has 4 rings (SSSR count). The summed E-state index contributed by atoms with van der Waals surface area (Å²) in [6.45, 7) is 5.24. The van der Waals surface area contributed by atoms with Gasteiger partial charge in [-0.15, -0.1) is 0 Å². The first-order chi connectivity index (χ1) is 11.7. The molecule has 0 aliphatic carbocycles. The van der Waals surface area contributed by atoms with Crippen LogP contribution in [0.3, 0.4) is 0 Å². The monoisotopic (exact) mass is 327 g/mol. The van der Waals surface area contributed by atoms with E-state index in [0.29, 0.717) is 12.1 Å². The molecule has 0 saturated carbocycles. The van der Waals surface area contributed by atoms with Crippen LogP contribution in [0, 0.1) is 6.92 Å². The predicted octanol–water partition coefficient (Wildman–Crippen LogP) is 1.12. The topological polar surface area (TPSA) is 83.1 Å². The van der Waals surface area contributed by atoms with Crippen molar-refractivity contribution in [2.75, 3.05) is 18.0 Å². The molecule has 0 bridgehead atoms. The summed E-state index contributed by atoms with van der Waals surface area (Å²) in [6.07, 6.45) is 5.84. The highest BCUT2D eigenvalue weighted by molar-refractivity contribution is 5.54. The second kappa shape index (κ2) is 6.24. The number of hydrogen-bond donors (Lipinski definition) is 2. The van der Waals surface area contributed by atoms with E-state index in [-0.39, 0.29) is 11.7 Å². The van der Waals surface area contributed by atoms with Crippen molar-refractivity contribution >= 4 is 5.69 Å². The molecule has 2 aliphatic rings. The third-order valence-corrected chi connectivity index (χ3v) is 4.74. The van der Waals surface area contributed by atoms with Crippen LogP contribution in [0.5, 0.6) is 5.75 Å². The molecule has 4 heterocycles. The van der Waals surface area contributed by atoms with Crippen molar-refractivity contribution in [3.8, 4) is 5.75 Å². The molecule has 7 heteroatoms.